The predicted molar refractivity (Wildman–Crippen MR) is 70.2 cm³/mol. The average Bonchev–Trinajstić information content (AvgIpc) is 2.90. The fourth-order valence-corrected chi connectivity index (χ4v) is 3.75. The van der Waals surface area contributed by atoms with Crippen LogP contribution in [-0.2, 0) is 9.47 Å². The van der Waals surface area contributed by atoms with Gasteiger partial charge in [0.05, 0.1) is 13.2 Å². The van der Waals surface area contributed by atoms with Crippen LogP contribution >= 0.6 is 0 Å². The predicted octanol–water partition coefficient (Wildman–Crippen LogP) is 1.34. The van der Waals surface area contributed by atoms with Gasteiger partial charge in [0.25, 0.3) is 0 Å². The zero-order valence-corrected chi connectivity index (χ0v) is 11.7. The Labute approximate surface area is 110 Å². The van der Waals surface area contributed by atoms with Gasteiger partial charge in [0.15, 0.2) is 5.79 Å². The Bertz CT molecular complexity index is 313. The van der Waals surface area contributed by atoms with Crippen molar-refractivity contribution in [1.29, 1.82) is 0 Å². The van der Waals surface area contributed by atoms with Crippen LogP contribution in [0.25, 0.3) is 0 Å². The molecule has 3 fully saturated rings. The van der Waals surface area contributed by atoms with E-state index in [2.05, 4.69) is 18.7 Å². The summed E-state index contributed by atoms with van der Waals surface area (Å²) in [5.74, 6) is -0.312. The molecule has 0 aromatic carbocycles. The zero-order chi connectivity index (χ0) is 12.8. The molecule has 2 heterocycles. The summed E-state index contributed by atoms with van der Waals surface area (Å²) < 4.78 is 11.7. The van der Waals surface area contributed by atoms with Gasteiger partial charge in [-0.2, -0.15) is 0 Å². The van der Waals surface area contributed by atoms with Crippen molar-refractivity contribution in [2.24, 2.45) is 11.1 Å². The maximum Gasteiger partial charge on any atom is 0.170 e. The van der Waals surface area contributed by atoms with Crippen LogP contribution in [0.15, 0.2) is 0 Å². The number of likely N-dealkylation sites (tertiary alicyclic amines) is 1. The average molecular weight is 254 g/mol. The molecular weight excluding hydrogens is 228 g/mol. The summed E-state index contributed by atoms with van der Waals surface area (Å²) in [5, 5.41) is 0. The highest BCUT2D eigenvalue weighted by Crippen LogP contribution is 2.40. The highest BCUT2D eigenvalue weighted by Gasteiger charge is 2.47. The second-order valence-electron chi connectivity index (χ2n) is 6.97. The first-order chi connectivity index (χ1) is 8.50. The lowest BCUT2D eigenvalue weighted by molar-refractivity contribution is -0.191. The van der Waals surface area contributed by atoms with E-state index in [9.17, 15) is 0 Å². The molecule has 1 spiro atoms. The fourth-order valence-electron chi connectivity index (χ4n) is 3.75. The summed E-state index contributed by atoms with van der Waals surface area (Å²) in [6, 6.07) is 0.705. The van der Waals surface area contributed by atoms with Gasteiger partial charge in [0.2, 0.25) is 0 Å². The van der Waals surface area contributed by atoms with Crippen LogP contribution < -0.4 is 5.73 Å². The Hall–Kier alpha value is -0.160. The van der Waals surface area contributed by atoms with E-state index >= 15 is 0 Å². The van der Waals surface area contributed by atoms with E-state index < -0.39 is 0 Å². The van der Waals surface area contributed by atoms with Crippen LogP contribution in [0.5, 0.6) is 0 Å². The summed E-state index contributed by atoms with van der Waals surface area (Å²) in [6.07, 6.45) is 4.19. The Kier molecular flexibility index (Phi) is 3.17. The third-order valence-electron chi connectivity index (χ3n) is 4.86. The van der Waals surface area contributed by atoms with Crippen molar-refractivity contribution < 1.29 is 9.47 Å². The van der Waals surface area contributed by atoms with E-state index in [1.807, 2.05) is 0 Å². The van der Waals surface area contributed by atoms with E-state index in [-0.39, 0.29) is 11.8 Å². The van der Waals surface area contributed by atoms with Gasteiger partial charge < -0.3 is 15.2 Å². The van der Waals surface area contributed by atoms with Crippen LogP contribution in [-0.4, -0.2) is 49.1 Å². The van der Waals surface area contributed by atoms with E-state index in [1.54, 1.807) is 0 Å². The molecule has 2 atom stereocenters. The molecule has 2 unspecified atom stereocenters. The lowest BCUT2D eigenvalue weighted by Crippen LogP contribution is -2.56. The Morgan fingerprint density at radius 3 is 2.50 bits per heavy atom. The summed E-state index contributed by atoms with van der Waals surface area (Å²) in [7, 11) is 0. The van der Waals surface area contributed by atoms with Gasteiger partial charge in [-0.15, -0.1) is 0 Å². The molecule has 3 aliphatic rings. The number of ether oxygens (including phenoxy) is 2. The lowest BCUT2D eigenvalue weighted by Gasteiger charge is -2.43. The van der Waals surface area contributed by atoms with Gasteiger partial charge in [-0.25, -0.2) is 0 Å². The molecule has 0 radical (unpaired) electrons. The molecule has 1 aliphatic carbocycles. The molecule has 2 saturated heterocycles. The first kappa shape index (κ1) is 12.9. The fraction of sp³-hybridized carbons (Fsp3) is 1.00. The van der Waals surface area contributed by atoms with Crippen molar-refractivity contribution in [3.05, 3.63) is 0 Å². The summed E-state index contributed by atoms with van der Waals surface area (Å²) >= 11 is 0. The van der Waals surface area contributed by atoms with E-state index in [0.29, 0.717) is 11.5 Å². The number of nitrogens with two attached hydrogens (primary N) is 1. The molecule has 2 aliphatic heterocycles. The van der Waals surface area contributed by atoms with Crippen LogP contribution in [0.2, 0.25) is 0 Å². The van der Waals surface area contributed by atoms with Crippen LogP contribution in [0.4, 0.5) is 0 Å². The highest BCUT2D eigenvalue weighted by molar-refractivity contribution is 4.98. The van der Waals surface area contributed by atoms with Gasteiger partial charge in [-0.05, 0) is 24.8 Å². The van der Waals surface area contributed by atoms with E-state index in [1.165, 1.54) is 13.0 Å². The van der Waals surface area contributed by atoms with E-state index in [4.69, 9.17) is 15.2 Å². The minimum atomic E-state index is -0.312. The van der Waals surface area contributed by atoms with E-state index in [0.717, 1.165) is 39.0 Å². The van der Waals surface area contributed by atoms with Crippen molar-refractivity contribution in [3.8, 4) is 0 Å². The first-order valence-electron chi connectivity index (χ1n) is 7.27. The number of nitrogens with zero attached hydrogens (tertiary/aromatic N) is 1. The quantitative estimate of drug-likeness (QED) is 0.767. The Balaban J connectivity index is 1.70. The third-order valence-corrected chi connectivity index (χ3v) is 4.86. The molecule has 0 aromatic heterocycles. The van der Waals surface area contributed by atoms with Crippen molar-refractivity contribution in [2.45, 2.75) is 57.4 Å². The third kappa shape index (κ3) is 2.31. The normalized spacial score (nSPS) is 39.5. The highest BCUT2D eigenvalue weighted by atomic mass is 16.7. The second kappa shape index (κ2) is 4.44. The van der Waals surface area contributed by atoms with Crippen LogP contribution in [0.1, 0.15) is 39.5 Å². The maximum absolute atomic E-state index is 6.35. The minimum absolute atomic E-state index is 0.275. The first-order valence-corrected chi connectivity index (χ1v) is 7.27. The second-order valence-corrected chi connectivity index (χ2v) is 6.97. The summed E-state index contributed by atoms with van der Waals surface area (Å²) in [4.78, 5) is 2.57. The molecule has 18 heavy (non-hydrogen) atoms. The van der Waals surface area contributed by atoms with Gasteiger partial charge in [0.1, 0.15) is 0 Å². The van der Waals surface area contributed by atoms with Gasteiger partial charge in [0, 0.05) is 31.5 Å². The molecule has 0 amide bonds. The molecule has 4 heteroatoms. The molecule has 104 valence electrons. The van der Waals surface area contributed by atoms with Gasteiger partial charge >= 0.3 is 0 Å². The zero-order valence-electron chi connectivity index (χ0n) is 11.7. The standard InChI is InChI=1S/C14H26N2O2/c1-13(2)5-6-16(10-13)12-9-14(4-3-11(12)15)17-7-8-18-14/h11-12H,3-10,15H2,1-2H3. The lowest BCUT2D eigenvalue weighted by atomic mass is 9.85. The van der Waals surface area contributed by atoms with Crippen LogP contribution in [0.3, 0.4) is 0 Å². The molecule has 0 aromatic rings. The number of hydrogen-bond donors (Lipinski definition) is 1. The molecule has 3 rings (SSSR count). The van der Waals surface area contributed by atoms with Crippen molar-refractivity contribution in [3.63, 3.8) is 0 Å². The SMILES string of the molecule is CC1(C)CCN(C2CC3(CCC2N)OCCO3)C1. The largest absolute Gasteiger partial charge is 0.347 e. The van der Waals surface area contributed by atoms with Crippen molar-refractivity contribution in [1.82, 2.24) is 4.90 Å². The number of hydrogen-bond acceptors (Lipinski definition) is 4. The van der Waals surface area contributed by atoms with Crippen molar-refractivity contribution in [2.75, 3.05) is 26.3 Å². The molecule has 2 N–H and O–H groups in total. The summed E-state index contributed by atoms with van der Waals surface area (Å²) in [6.45, 7) is 8.50. The molecular formula is C14H26N2O2. The van der Waals surface area contributed by atoms with Gasteiger partial charge in [-0.1, -0.05) is 13.8 Å². The number of rotatable bonds is 1. The molecule has 1 saturated carbocycles. The van der Waals surface area contributed by atoms with Crippen LogP contribution in [0, 0.1) is 5.41 Å². The Morgan fingerprint density at radius 2 is 1.89 bits per heavy atom. The minimum Gasteiger partial charge on any atom is -0.347 e. The monoisotopic (exact) mass is 254 g/mol. The molecule has 0 bridgehead atoms. The van der Waals surface area contributed by atoms with Crippen molar-refractivity contribution >= 4 is 0 Å². The van der Waals surface area contributed by atoms with Gasteiger partial charge in [-0.3, -0.25) is 4.90 Å². The Morgan fingerprint density at radius 1 is 1.17 bits per heavy atom. The topological polar surface area (TPSA) is 47.7 Å². The summed E-state index contributed by atoms with van der Waals surface area (Å²) in [5.41, 5.74) is 6.78. The molecule has 4 nitrogen and oxygen atoms in total. The maximum atomic E-state index is 6.35. The smallest absolute Gasteiger partial charge is 0.170 e.